The van der Waals surface area contributed by atoms with Crippen LogP contribution in [-0.2, 0) is 13.0 Å². The SMILES string of the molecule is CCCCCCCCCCCCCCCCCCC[n+]1ccn(-c2ccccc2)c1CCCCCCCCCCCC. The monoisotopic (exact) mass is 580 g/mol. The quantitative estimate of drug-likeness (QED) is 0.0643. The molecule has 0 radical (unpaired) electrons. The maximum Gasteiger partial charge on any atom is 0.261 e. The van der Waals surface area contributed by atoms with Gasteiger partial charge in [-0.1, -0.05) is 186 Å². The molecule has 0 spiro atoms. The van der Waals surface area contributed by atoms with Crippen LogP contribution in [0.4, 0.5) is 0 Å². The van der Waals surface area contributed by atoms with Crippen LogP contribution in [0.5, 0.6) is 0 Å². The molecule has 1 heterocycles. The van der Waals surface area contributed by atoms with E-state index in [4.69, 9.17) is 0 Å². The van der Waals surface area contributed by atoms with Crippen molar-refractivity contribution in [1.82, 2.24) is 4.57 Å². The van der Waals surface area contributed by atoms with Crippen LogP contribution in [0.25, 0.3) is 5.69 Å². The molecule has 0 aliphatic heterocycles. The highest BCUT2D eigenvalue weighted by atomic mass is 15.1. The predicted molar refractivity (Wildman–Crippen MR) is 186 cm³/mol. The van der Waals surface area contributed by atoms with Gasteiger partial charge >= 0.3 is 0 Å². The molecule has 2 aromatic rings. The predicted octanol–water partition coefficient (Wildman–Crippen LogP) is 12.9. The maximum absolute atomic E-state index is 2.56. The molecule has 2 nitrogen and oxygen atoms in total. The Morgan fingerprint density at radius 3 is 1.26 bits per heavy atom. The van der Waals surface area contributed by atoms with Gasteiger partial charge in [0, 0.05) is 6.42 Å². The van der Waals surface area contributed by atoms with E-state index < -0.39 is 0 Å². The highest BCUT2D eigenvalue weighted by molar-refractivity contribution is 5.31. The summed E-state index contributed by atoms with van der Waals surface area (Å²) >= 11 is 0. The molecule has 1 aromatic carbocycles. The van der Waals surface area contributed by atoms with Crippen molar-refractivity contribution in [1.29, 1.82) is 0 Å². The number of hydrogen-bond donors (Lipinski definition) is 0. The topological polar surface area (TPSA) is 8.81 Å². The Kier molecular flexibility index (Phi) is 23.6. The molecule has 0 amide bonds. The minimum Gasteiger partial charge on any atom is -0.234 e. The van der Waals surface area contributed by atoms with Gasteiger partial charge in [0.2, 0.25) is 0 Å². The van der Waals surface area contributed by atoms with Gasteiger partial charge in [0.05, 0.1) is 6.54 Å². The summed E-state index contributed by atoms with van der Waals surface area (Å²) in [5.41, 5.74) is 1.31. The van der Waals surface area contributed by atoms with Gasteiger partial charge in [0.1, 0.15) is 18.1 Å². The van der Waals surface area contributed by atoms with Crippen LogP contribution in [0.3, 0.4) is 0 Å². The summed E-state index contributed by atoms with van der Waals surface area (Å²) in [6.45, 7) is 5.78. The molecule has 0 fully saturated rings. The van der Waals surface area contributed by atoms with Crippen LogP contribution in [0, 0.1) is 0 Å². The van der Waals surface area contributed by atoms with E-state index >= 15 is 0 Å². The Hall–Kier alpha value is -1.57. The molecule has 0 aliphatic rings. The molecule has 2 heteroatoms. The van der Waals surface area contributed by atoms with Crippen LogP contribution < -0.4 is 4.57 Å². The van der Waals surface area contributed by atoms with Crippen molar-refractivity contribution in [3.63, 3.8) is 0 Å². The summed E-state index contributed by atoms with van der Waals surface area (Å²) in [6, 6.07) is 11.0. The first-order valence-electron chi connectivity index (χ1n) is 19.0. The third-order valence-electron chi connectivity index (χ3n) is 9.30. The normalized spacial score (nSPS) is 11.5. The molecule has 0 saturated heterocycles. The van der Waals surface area contributed by atoms with Gasteiger partial charge < -0.3 is 0 Å². The lowest BCUT2D eigenvalue weighted by Gasteiger charge is -2.07. The first-order valence-corrected chi connectivity index (χ1v) is 19.0. The number of nitrogens with zero attached hydrogens (tertiary/aromatic N) is 2. The summed E-state index contributed by atoms with van der Waals surface area (Å²) in [5.74, 6) is 1.50. The third kappa shape index (κ3) is 18.2. The summed E-state index contributed by atoms with van der Waals surface area (Å²) in [6.07, 6.45) is 44.3. The molecule has 0 atom stereocenters. The van der Waals surface area contributed by atoms with Gasteiger partial charge in [0.15, 0.2) is 0 Å². The zero-order valence-corrected chi connectivity index (χ0v) is 28.4. The Morgan fingerprint density at radius 2 is 0.833 bits per heavy atom. The van der Waals surface area contributed by atoms with Crippen LogP contribution in [0.1, 0.15) is 193 Å². The van der Waals surface area contributed by atoms with Gasteiger partial charge in [-0.3, -0.25) is 0 Å². The van der Waals surface area contributed by atoms with Gasteiger partial charge in [-0.25, -0.2) is 4.57 Å². The van der Waals surface area contributed by atoms with E-state index in [0.717, 1.165) is 0 Å². The number of unbranched alkanes of at least 4 members (excludes halogenated alkanes) is 25. The summed E-state index contributed by atoms with van der Waals surface area (Å²) in [4.78, 5) is 0. The largest absolute Gasteiger partial charge is 0.261 e. The highest BCUT2D eigenvalue weighted by Crippen LogP contribution is 2.16. The number of aryl methyl sites for hydroxylation is 1. The second-order valence-electron chi connectivity index (χ2n) is 13.2. The van der Waals surface area contributed by atoms with Crippen LogP contribution >= 0.6 is 0 Å². The first kappa shape index (κ1) is 36.6. The third-order valence-corrected chi connectivity index (χ3v) is 9.30. The van der Waals surface area contributed by atoms with Gasteiger partial charge in [0.25, 0.3) is 5.82 Å². The van der Waals surface area contributed by atoms with Crippen molar-refractivity contribution in [2.75, 3.05) is 0 Å². The van der Waals surface area contributed by atoms with E-state index in [1.54, 1.807) is 0 Å². The molecule has 1 aromatic heterocycles. The number of imidazole rings is 1. The average molecular weight is 580 g/mol. The molecular formula is C40H71N2+. The van der Waals surface area contributed by atoms with Gasteiger partial charge in [-0.15, -0.1) is 0 Å². The molecule has 42 heavy (non-hydrogen) atoms. The fourth-order valence-electron chi connectivity index (χ4n) is 6.53. The van der Waals surface area contributed by atoms with Crippen molar-refractivity contribution in [3.05, 3.63) is 48.5 Å². The molecule has 0 bridgehead atoms. The minimum atomic E-state index is 1.17. The second-order valence-corrected chi connectivity index (χ2v) is 13.2. The van der Waals surface area contributed by atoms with Crippen molar-refractivity contribution in [3.8, 4) is 5.69 Å². The molecule has 0 saturated carbocycles. The molecule has 0 N–H and O–H groups in total. The van der Waals surface area contributed by atoms with Crippen molar-refractivity contribution < 1.29 is 4.57 Å². The Morgan fingerprint density at radius 1 is 0.452 bits per heavy atom. The molecule has 0 unspecified atom stereocenters. The summed E-state index contributed by atoms with van der Waals surface area (Å²) in [5, 5.41) is 0. The van der Waals surface area contributed by atoms with Crippen LogP contribution in [0.2, 0.25) is 0 Å². The van der Waals surface area contributed by atoms with Crippen molar-refractivity contribution in [2.24, 2.45) is 0 Å². The lowest BCUT2D eigenvalue weighted by Crippen LogP contribution is -2.37. The number of benzene rings is 1. The smallest absolute Gasteiger partial charge is 0.234 e. The lowest BCUT2D eigenvalue weighted by molar-refractivity contribution is -0.704. The van der Waals surface area contributed by atoms with Gasteiger partial charge in [-0.05, 0) is 31.4 Å². The fourth-order valence-corrected chi connectivity index (χ4v) is 6.53. The van der Waals surface area contributed by atoms with E-state index in [1.165, 1.54) is 198 Å². The van der Waals surface area contributed by atoms with Crippen molar-refractivity contribution in [2.45, 2.75) is 200 Å². The van der Waals surface area contributed by atoms with E-state index in [2.05, 4.69) is 65.7 Å². The summed E-state index contributed by atoms with van der Waals surface area (Å²) < 4.78 is 5.01. The fraction of sp³-hybridized carbons (Fsp3) is 0.775. The maximum atomic E-state index is 2.56. The van der Waals surface area contributed by atoms with Crippen LogP contribution in [-0.4, -0.2) is 4.57 Å². The molecule has 0 aliphatic carbocycles. The molecule has 240 valence electrons. The Bertz CT molecular complexity index is 823. The van der Waals surface area contributed by atoms with E-state index in [0.29, 0.717) is 0 Å². The lowest BCUT2D eigenvalue weighted by atomic mass is 10.0. The minimum absolute atomic E-state index is 1.17. The Balaban J connectivity index is 1.55. The van der Waals surface area contributed by atoms with E-state index in [1.807, 2.05) is 0 Å². The zero-order chi connectivity index (χ0) is 29.8. The summed E-state index contributed by atoms with van der Waals surface area (Å²) in [7, 11) is 0. The number of rotatable bonds is 30. The highest BCUT2D eigenvalue weighted by Gasteiger charge is 2.18. The van der Waals surface area contributed by atoms with Gasteiger partial charge in [-0.2, -0.15) is 4.57 Å². The van der Waals surface area contributed by atoms with E-state index in [-0.39, 0.29) is 0 Å². The number of aromatic nitrogens is 2. The van der Waals surface area contributed by atoms with Crippen molar-refractivity contribution >= 4 is 0 Å². The molecule has 2 rings (SSSR count). The molecular weight excluding hydrogens is 508 g/mol. The first-order chi connectivity index (χ1) is 20.9. The Labute approximate surface area is 263 Å². The number of para-hydroxylation sites is 1. The standard InChI is InChI=1S/C40H71N2/c1-3-5-7-9-11-13-15-16-17-18-19-20-21-23-25-27-32-36-41-37-38-42(39-33-29-28-30-34-39)40(41)35-31-26-24-22-14-12-10-8-6-4-2/h28-30,33-34,37-38H,3-27,31-32,35-36H2,1-2H3/q+1. The average Bonchev–Trinajstić information content (AvgIpc) is 3.42. The number of hydrogen-bond acceptors (Lipinski definition) is 0. The van der Waals surface area contributed by atoms with E-state index in [9.17, 15) is 0 Å². The van der Waals surface area contributed by atoms with Crippen LogP contribution in [0.15, 0.2) is 42.7 Å². The second kappa shape index (κ2) is 27.0. The zero-order valence-electron chi connectivity index (χ0n) is 28.4.